The molecule has 2 bridgehead atoms. The molecule has 2 aliphatic rings. The van der Waals surface area contributed by atoms with Gasteiger partial charge in [-0.1, -0.05) is 12.2 Å². The molecule has 2 nitrogen and oxygen atoms in total. The quantitative estimate of drug-likeness (QED) is 0.532. The van der Waals surface area contributed by atoms with Crippen LogP contribution in [0, 0.1) is 17.8 Å². The molecule has 1 fully saturated rings. The summed E-state index contributed by atoms with van der Waals surface area (Å²) in [6.45, 7) is 0.823. The molecule has 4 atom stereocenters. The van der Waals surface area contributed by atoms with Crippen LogP contribution >= 0.6 is 0 Å². The molecule has 4 unspecified atom stereocenters. The van der Waals surface area contributed by atoms with E-state index in [9.17, 15) is 5.11 Å². The second-order valence-corrected chi connectivity index (χ2v) is 5.42. The summed E-state index contributed by atoms with van der Waals surface area (Å²) in [5.41, 5.74) is 0. The molecule has 0 aromatic rings. The van der Waals surface area contributed by atoms with E-state index in [1.165, 1.54) is 12.8 Å². The highest BCUT2D eigenvalue weighted by Gasteiger charge is 2.36. The van der Waals surface area contributed by atoms with E-state index in [1.807, 2.05) is 0 Å². The zero-order valence-electron chi connectivity index (χ0n) is 10.3. The predicted octanol–water partition coefficient (Wildman–Crippen LogP) is 2.77. The van der Waals surface area contributed by atoms with Crippen LogP contribution in [0.2, 0.25) is 0 Å². The monoisotopic (exact) mass is 224 g/mol. The molecule has 0 aromatic heterocycles. The second-order valence-electron chi connectivity index (χ2n) is 5.42. The first-order valence-corrected chi connectivity index (χ1v) is 6.65. The smallest absolute Gasteiger partial charge is 0.0543 e. The van der Waals surface area contributed by atoms with Gasteiger partial charge in [-0.15, -0.1) is 0 Å². The highest BCUT2D eigenvalue weighted by Crippen LogP contribution is 2.45. The minimum atomic E-state index is -0.0883. The Morgan fingerprint density at radius 3 is 2.81 bits per heavy atom. The standard InChI is InChI=1S/C14H24O2/c1-16-7-3-2-4-14(15)10-13-9-11-5-6-12(13)8-11/h5-6,11-15H,2-4,7-10H2,1H3. The van der Waals surface area contributed by atoms with E-state index in [4.69, 9.17) is 4.74 Å². The van der Waals surface area contributed by atoms with Crippen LogP contribution in [0.1, 0.15) is 38.5 Å². The summed E-state index contributed by atoms with van der Waals surface area (Å²) in [5.74, 6) is 2.36. The van der Waals surface area contributed by atoms with Crippen molar-refractivity contribution >= 4 is 0 Å². The van der Waals surface area contributed by atoms with Crippen LogP contribution in [0.3, 0.4) is 0 Å². The van der Waals surface area contributed by atoms with E-state index in [0.29, 0.717) is 0 Å². The Hall–Kier alpha value is -0.340. The van der Waals surface area contributed by atoms with Gasteiger partial charge in [-0.25, -0.2) is 0 Å². The van der Waals surface area contributed by atoms with Gasteiger partial charge >= 0.3 is 0 Å². The fourth-order valence-corrected chi connectivity index (χ4v) is 3.26. The summed E-state index contributed by atoms with van der Waals surface area (Å²) >= 11 is 0. The van der Waals surface area contributed by atoms with Crippen molar-refractivity contribution in [2.45, 2.75) is 44.6 Å². The summed E-state index contributed by atoms with van der Waals surface area (Å²) in [7, 11) is 1.73. The molecule has 92 valence electrons. The van der Waals surface area contributed by atoms with Crippen molar-refractivity contribution in [3.05, 3.63) is 12.2 Å². The lowest BCUT2D eigenvalue weighted by Crippen LogP contribution is -2.17. The molecule has 0 heterocycles. The third-order valence-corrected chi connectivity index (χ3v) is 4.13. The van der Waals surface area contributed by atoms with Gasteiger partial charge in [-0.2, -0.15) is 0 Å². The van der Waals surface area contributed by atoms with E-state index < -0.39 is 0 Å². The van der Waals surface area contributed by atoms with Crippen molar-refractivity contribution in [1.29, 1.82) is 0 Å². The molecule has 2 aliphatic carbocycles. The molecular formula is C14H24O2. The lowest BCUT2D eigenvalue weighted by molar-refractivity contribution is 0.118. The van der Waals surface area contributed by atoms with E-state index in [2.05, 4.69) is 12.2 Å². The minimum Gasteiger partial charge on any atom is -0.393 e. The Balaban J connectivity index is 1.60. The van der Waals surface area contributed by atoms with Gasteiger partial charge in [0.05, 0.1) is 6.10 Å². The number of unbranched alkanes of at least 4 members (excludes halogenated alkanes) is 1. The first kappa shape index (κ1) is 12.1. The minimum absolute atomic E-state index is 0.0883. The maximum absolute atomic E-state index is 9.97. The number of methoxy groups -OCH3 is 1. The predicted molar refractivity (Wildman–Crippen MR) is 65.2 cm³/mol. The Bertz CT molecular complexity index is 237. The largest absolute Gasteiger partial charge is 0.393 e. The fraction of sp³-hybridized carbons (Fsp3) is 0.857. The summed E-state index contributed by atoms with van der Waals surface area (Å²) in [6, 6.07) is 0. The zero-order chi connectivity index (χ0) is 11.4. The van der Waals surface area contributed by atoms with Gasteiger partial charge in [0.1, 0.15) is 0 Å². The van der Waals surface area contributed by atoms with Crippen LogP contribution in [0.5, 0.6) is 0 Å². The molecule has 0 spiro atoms. The van der Waals surface area contributed by atoms with Crippen molar-refractivity contribution in [2.75, 3.05) is 13.7 Å². The van der Waals surface area contributed by atoms with E-state index in [1.54, 1.807) is 7.11 Å². The van der Waals surface area contributed by atoms with Gasteiger partial charge in [0.25, 0.3) is 0 Å². The molecule has 2 rings (SSSR count). The number of allylic oxidation sites excluding steroid dienone is 2. The van der Waals surface area contributed by atoms with Crippen molar-refractivity contribution in [1.82, 2.24) is 0 Å². The first-order chi connectivity index (χ1) is 7.79. The molecule has 0 amide bonds. The number of rotatable bonds is 7. The Morgan fingerprint density at radius 1 is 1.31 bits per heavy atom. The summed E-state index contributed by atoms with van der Waals surface area (Å²) in [6.07, 6.45) is 11.4. The van der Waals surface area contributed by atoms with Crippen molar-refractivity contribution in [3.63, 3.8) is 0 Å². The van der Waals surface area contributed by atoms with Crippen molar-refractivity contribution in [3.8, 4) is 0 Å². The number of fused-ring (bicyclic) bond motifs is 2. The van der Waals surface area contributed by atoms with Gasteiger partial charge in [-0.3, -0.25) is 0 Å². The third-order valence-electron chi connectivity index (χ3n) is 4.13. The Labute approximate surface area is 98.7 Å². The Kier molecular flexibility index (Phi) is 4.42. The SMILES string of the molecule is COCCCCC(O)CC1CC2C=CC1C2. The van der Waals surface area contributed by atoms with Crippen LogP contribution in [-0.4, -0.2) is 24.9 Å². The number of hydrogen-bond donors (Lipinski definition) is 1. The molecule has 16 heavy (non-hydrogen) atoms. The molecule has 0 radical (unpaired) electrons. The molecule has 0 aliphatic heterocycles. The molecule has 2 heteroatoms. The average Bonchev–Trinajstić information content (AvgIpc) is 2.86. The van der Waals surface area contributed by atoms with Crippen molar-refractivity contribution < 1.29 is 9.84 Å². The normalized spacial score (nSPS) is 33.5. The second kappa shape index (κ2) is 5.83. The van der Waals surface area contributed by atoms with Crippen LogP contribution in [-0.2, 0) is 4.74 Å². The number of aliphatic hydroxyl groups excluding tert-OH is 1. The molecule has 0 aromatic carbocycles. The number of aliphatic hydroxyl groups is 1. The summed E-state index contributed by atoms with van der Waals surface area (Å²) < 4.78 is 5.01. The van der Waals surface area contributed by atoms with Gasteiger partial charge < -0.3 is 9.84 Å². The number of hydrogen-bond acceptors (Lipinski definition) is 2. The van der Waals surface area contributed by atoms with Crippen LogP contribution in [0.4, 0.5) is 0 Å². The average molecular weight is 224 g/mol. The van der Waals surface area contributed by atoms with Gasteiger partial charge in [0, 0.05) is 13.7 Å². The van der Waals surface area contributed by atoms with Gasteiger partial charge in [0.2, 0.25) is 0 Å². The maximum atomic E-state index is 9.97. The first-order valence-electron chi connectivity index (χ1n) is 6.65. The molecule has 1 saturated carbocycles. The zero-order valence-corrected chi connectivity index (χ0v) is 10.3. The van der Waals surface area contributed by atoms with Gasteiger partial charge in [0.15, 0.2) is 0 Å². The lowest BCUT2D eigenvalue weighted by Gasteiger charge is -2.21. The van der Waals surface area contributed by atoms with E-state index in [-0.39, 0.29) is 6.10 Å². The van der Waals surface area contributed by atoms with Gasteiger partial charge in [-0.05, 0) is 56.3 Å². The maximum Gasteiger partial charge on any atom is 0.0543 e. The van der Waals surface area contributed by atoms with E-state index in [0.717, 1.165) is 50.0 Å². The van der Waals surface area contributed by atoms with E-state index >= 15 is 0 Å². The van der Waals surface area contributed by atoms with Crippen LogP contribution in [0.25, 0.3) is 0 Å². The fourth-order valence-electron chi connectivity index (χ4n) is 3.26. The molecule has 1 N–H and O–H groups in total. The Morgan fingerprint density at radius 2 is 2.19 bits per heavy atom. The summed E-state index contributed by atoms with van der Waals surface area (Å²) in [5, 5.41) is 9.97. The molecular weight excluding hydrogens is 200 g/mol. The molecule has 0 saturated heterocycles. The van der Waals surface area contributed by atoms with Crippen LogP contribution in [0.15, 0.2) is 12.2 Å². The highest BCUT2D eigenvalue weighted by atomic mass is 16.5. The summed E-state index contributed by atoms with van der Waals surface area (Å²) in [4.78, 5) is 0. The van der Waals surface area contributed by atoms with Crippen LogP contribution < -0.4 is 0 Å². The van der Waals surface area contributed by atoms with Crippen molar-refractivity contribution in [2.24, 2.45) is 17.8 Å². The highest BCUT2D eigenvalue weighted by molar-refractivity contribution is 5.10. The topological polar surface area (TPSA) is 29.5 Å². The third kappa shape index (κ3) is 3.08. The lowest BCUT2D eigenvalue weighted by atomic mass is 9.87. The number of ether oxygens (including phenoxy) is 1.